The first-order valence-corrected chi connectivity index (χ1v) is 50.7. The standard InChI is InChI=1S/C24H25N3OS.2C17H21BrN2OS.C16H19BrO2.C14H15BrO2.C4H8O.C2H3.CH4O3S.BrH.ClH.Mg/c1-26-19-7-5-6-17(14-19)18-8-9-21-20(15-18)24(12-13-29-22(25)27-24)16-23(28-21)10-3-2-4-11-23;18-12-4-5-14-13(10-12)17(8-9-22-15(19)20-17)11-16(21-14)6-2-1-3-7-16;18-13-4-5-15-14(10-13)12(6-9-22-16(19)20)11-17(21-15)7-2-1-3-8-17;1-2-16(18)11-15(8-4-3-5-9-15)19-14-7-6-12(17)10-13(14)16;15-10-4-5-13-11(8-10)12(16)9-14(17-13)6-2-1-3-7-14;1-2-4-5-3-1;1-2;1-5(2,3)4;;;/h5-9,14-15H,2-4,10-13,16H2,(H2,25,27);4-5,10H,1-3,6-9,11H2,(H2,19,20);4-6,10H,1-3,7-9,11H2,(H3,19,20);2,6-7,10,18H,1,3-5,8-9,11H2;4-5,8H,1-3,6-7,9H2;1-4H2;1H,2H2;1H3,(H,2,3,4);2*1H;/q;;;;;;-1;;;;+2/p-1/b;;12-6+;;;;;;;;. The quantitative estimate of drug-likeness (QED) is 0.0239. The number of nitrogens with one attached hydrogen (secondary N) is 1. The minimum atomic E-state index is -3.67. The van der Waals surface area contributed by atoms with Crippen LogP contribution in [0.15, 0.2) is 168 Å². The molecule has 6 aromatic rings. The topological polar surface area (TPSA) is 278 Å². The molecule has 18 nitrogen and oxygen atoms in total. The average Bonchev–Trinajstić information content (AvgIpc) is 0.738. The molecule has 5 saturated carbocycles. The Morgan fingerprint density at radius 3 is 1.37 bits per heavy atom. The van der Waals surface area contributed by atoms with E-state index in [1.807, 2.05) is 60.7 Å². The van der Waals surface area contributed by atoms with Crippen LogP contribution in [0.25, 0.3) is 21.5 Å². The molecule has 124 heavy (non-hydrogen) atoms. The van der Waals surface area contributed by atoms with Crippen LogP contribution < -0.4 is 57.9 Å². The van der Waals surface area contributed by atoms with E-state index in [1.54, 1.807) is 29.6 Å². The maximum absolute atomic E-state index is 12.2. The number of fused-ring (bicyclic) bond motifs is 7. The molecule has 0 aromatic heterocycles. The van der Waals surface area contributed by atoms with Crippen molar-refractivity contribution >= 4 is 177 Å². The van der Waals surface area contributed by atoms with E-state index in [0.29, 0.717) is 30.0 Å². The van der Waals surface area contributed by atoms with E-state index in [4.69, 9.17) is 72.1 Å². The van der Waals surface area contributed by atoms with Gasteiger partial charge in [0.2, 0.25) is 0 Å². The number of nitrogens with two attached hydrogens (primary N) is 3. The Kier molecular flexibility index (Phi) is 38.7. The molecular formula is C95H117Br5ClMgN7O11S4. The molecule has 1 saturated heterocycles. The van der Waals surface area contributed by atoms with Crippen LogP contribution in [0.3, 0.4) is 0 Å². The first kappa shape index (κ1) is 103. The number of hydrogen-bond donors (Lipinski definition) is 6. The van der Waals surface area contributed by atoms with Gasteiger partial charge in [-0.2, -0.15) is 8.42 Å². The van der Waals surface area contributed by atoms with E-state index < -0.39 is 15.7 Å². The zero-order valence-corrected chi connectivity index (χ0v) is 84.4. The number of Topliss-reactive ketones (excluding diaryl/α,β-unsaturated/α-hetero) is 1. The van der Waals surface area contributed by atoms with E-state index in [-0.39, 0.29) is 102 Å². The zero-order chi connectivity index (χ0) is 86.1. The summed E-state index contributed by atoms with van der Waals surface area (Å²) in [5.41, 5.74) is 25.0. The third-order valence-electron chi connectivity index (χ3n) is 25.4. The maximum Gasteiger partial charge on any atom is 2.00 e. The Labute approximate surface area is 813 Å². The second kappa shape index (κ2) is 46.5. The molecule has 0 radical (unpaired) electrons. The Balaban J connectivity index is 0.000000170. The van der Waals surface area contributed by atoms with Crippen molar-refractivity contribution in [3.05, 3.63) is 204 Å². The van der Waals surface area contributed by atoms with Gasteiger partial charge < -0.3 is 74.3 Å². The van der Waals surface area contributed by atoms with Crippen molar-refractivity contribution in [2.24, 2.45) is 27.2 Å². The molecule has 29 heteroatoms. The van der Waals surface area contributed by atoms with Crippen molar-refractivity contribution in [1.82, 2.24) is 0 Å². The number of ether oxygens (including phenoxy) is 6. The molecule has 13 aliphatic rings. The van der Waals surface area contributed by atoms with Crippen molar-refractivity contribution < 1.29 is 68.3 Å². The maximum atomic E-state index is 12.2. The smallest absolute Gasteiger partial charge is 1.00 e. The van der Waals surface area contributed by atoms with Gasteiger partial charge in [0.05, 0.1) is 35.9 Å². The van der Waals surface area contributed by atoms with Crippen LogP contribution in [0.1, 0.15) is 251 Å². The molecule has 8 aliphatic heterocycles. The summed E-state index contributed by atoms with van der Waals surface area (Å²) in [5, 5.41) is 19.9. The van der Waals surface area contributed by atoms with Gasteiger partial charge in [-0.15, -0.1) is 12.4 Å². The monoisotopic (exact) mass is 2110 g/mol. The molecule has 3 unspecified atom stereocenters. The van der Waals surface area contributed by atoms with Crippen molar-refractivity contribution in [3.8, 4) is 39.9 Å². The van der Waals surface area contributed by atoms with Gasteiger partial charge in [0.1, 0.15) is 62.4 Å². The number of rotatable bonds is 4. The van der Waals surface area contributed by atoms with Gasteiger partial charge in [0.15, 0.2) is 27.0 Å². The van der Waals surface area contributed by atoms with Gasteiger partial charge in [-0.1, -0.05) is 174 Å². The van der Waals surface area contributed by atoms with Gasteiger partial charge in [0.25, 0.3) is 10.1 Å². The van der Waals surface area contributed by atoms with Crippen LogP contribution in [0.4, 0.5) is 5.69 Å². The summed E-state index contributed by atoms with van der Waals surface area (Å²) < 4.78 is 67.0. The normalized spacial score (nSPS) is 23.8. The third kappa shape index (κ3) is 26.9. The Morgan fingerprint density at radius 2 is 0.935 bits per heavy atom. The van der Waals surface area contributed by atoms with Gasteiger partial charge in [0, 0.05) is 96.3 Å². The molecule has 9 N–H and O–H groups in total. The summed E-state index contributed by atoms with van der Waals surface area (Å²) >= 11 is 18.7. The van der Waals surface area contributed by atoms with Gasteiger partial charge >= 0.3 is 23.1 Å². The number of hydrogen-bond acceptors (Lipinski definition) is 18. The molecular weight excluding hydrogens is 2000 g/mol. The van der Waals surface area contributed by atoms with Gasteiger partial charge in [-0.25, -0.2) is 4.85 Å². The van der Waals surface area contributed by atoms with E-state index >= 15 is 0 Å². The van der Waals surface area contributed by atoms with Crippen molar-refractivity contribution in [1.29, 1.82) is 5.41 Å². The van der Waals surface area contributed by atoms with Crippen LogP contribution >= 0.6 is 111 Å². The number of aliphatic hydroxyl groups is 1. The number of carbonyl (C=O) groups excluding carboxylic acids is 1. The van der Waals surface area contributed by atoms with E-state index in [2.05, 4.69) is 149 Å². The van der Waals surface area contributed by atoms with Crippen LogP contribution in [-0.4, -0.2) is 127 Å². The van der Waals surface area contributed by atoms with E-state index in [1.165, 1.54) is 138 Å². The molecule has 0 amide bonds. The van der Waals surface area contributed by atoms with Crippen molar-refractivity contribution in [2.75, 3.05) is 36.7 Å². The summed E-state index contributed by atoms with van der Waals surface area (Å²) in [5.74, 6) is 7.55. The summed E-state index contributed by atoms with van der Waals surface area (Å²) in [7, 11) is -3.67. The van der Waals surface area contributed by atoms with Crippen molar-refractivity contribution in [3.63, 3.8) is 0 Å². The molecule has 0 bridgehead atoms. The molecule has 3 atom stereocenters. The SMILES string of the molecule is C1CCOC1.C=CC1(O)CC2(CCCCC2)Oc2ccc(Br)cc21.CS(=O)(=O)O.Cl.N=C(N)SC/C=C1\CC2(CCCCC2)Oc2ccc(Br)cc21.NC1=NC2(CCS1)CC1(CCCCC1)Oc1ccc(Br)cc12.O=C1CC2(CCCCC2)Oc2ccc(Br)cc21.[Br-].[C-]#[N+]c1cccc(-c2ccc3c(c2)C2(CCSC(N)=N2)CC2(CCCCC2)O3)c1.[CH-]=C.[Mg+2]. The minimum absolute atomic E-state index is 0. The number of nitrogens with zero attached hydrogens (tertiary/aromatic N) is 3. The third-order valence-corrected chi connectivity index (χ3v) is 29.6. The van der Waals surface area contributed by atoms with Crippen LogP contribution in [0.5, 0.6) is 28.7 Å². The second-order valence-electron chi connectivity index (χ2n) is 34.2. The van der Waals surface area contributed by atoms with Gasteiger partial charge in [-0.3, -0.25) is 31.3 Å². The summed E-state index contributed by atoms with van der Waals surface area (Å²) in [4.78, 5) is 25.8. The number of halogens is 6. The molecule has 7 spiro atoms. The van der Waals surface area contributed by atoms with Crippen LogP contribution in [0, 0.1) is 18.6 Å². The molecule has 19 rings (SSSR count). The molecule has 5 aliphatic carbocycles. The Morgan fingerprint density at radius 1 is 0.556 bits per heavy atom. The number of carbonyl (C=O) groups is 1. The summed E-state index contributed by atoms with van der Waals surface area (Å²) in [6.07, 6.45) is 42.8. The number of benzene rings is 6. The molecule has 6 aromatic carbocycles. The van der Waals surface area contributed by atoms with Crippen LogP contribution in [0.2, 0.25) is 0 Å². The average molecular weight is 2120 g/mol. The summed E-state index contributed by atoms with van der Waals surface area (Å²) in [6.45, 7) is 20.2. The fraction of sp³-hybridized carbons (Fsp3) is 0.505. The minimum Gasteiger partial charge on any atom is -1.00 e. The molecule has 8 heterocycles. The number of aliphatic imine (C=N–C) groups is 2. The summed E-state index contributed by atoms with van der Waals surface area (Å²) in [6, 6.07) is 38.4. The Bertz CT molecular complexity index is 4920. The predicted molar refractivity (Wildman–Crippen MR) is 522 cm³/mol. The van der Waals surface area contributed by atoms with E-state index in [0.717, 1.165) is 206 Å². The van der Waals surface area contributed by atoms with E-state index in [9.17, 15) is 18.3 Å². The predicted octanol–water partition coefficient (Wildman–Crippen LogP) is 21.9. The van der Waals surface area contributed by atoms with Crippen LogP contribution in [-0.2, 0) is 31.5 Å². The number of ketones is 1. The molecule has 6 fully saturated rings. The molecule has 666 valence electrons. The second-order valence-corrected chi connectivity index (χ2v) is 42.6. The van der Waals surface area contributed by atoms with Crippen molar-refractivity contribution in [2.45, 2.75) is 263 Å². The number of thioether (sulfide) groups is 3. The first-order valence-electron chi connectivity index (χ1n) is 42.8. The number of amidine groups is 3. The Hall–Kier alpha value is -4.55. The van der Waals surface area contributed by atoms with Gasteiger partial charge in [-0.05, 0) is 262 Å². The fourth-order valence-electron chi connectivity index (χ4n) is 19.8. The zero-order valence-electron chi connectivity index (χ0n) is 71.0. The fourth-order valence-corrected chi connectivity index (χ4v) is 23.5. The first-order chi connectivity index (χ1) is 58.1. The largest absolute Gasteiger partial charge is 2.00 e.